The zero-order valence-electron chi connectivity index (χ0n) is 13.5. The Hall–Kier alpha value is -0.380. The number of hydrogen-bond acceptors (Lipinski definition) is 3. The lowest BCUT2D eigenvalue weighted by Crippen LogP contribution is -2.36. The van der Waals surface area contributed by atoms with Crippen LogP contribution in [0.2, 0.25) is 0 Å². The van der Waals surface area contributed by atoms with Gasteiger partial charge in [-0.3, -0.25) is 11.3 Å². The third-order valence-corrected chi connectivity index (χ3v) is 7.18. The molecule has 0 aliphatic heterocycles. The maximum Gasteiger partial charge on any atom is 0.0581 e. The summed E-state index contributed by atoms with van der Waals surface area (Å²) in [6, 6.07) is 2.84. The Bertz CT molecular complexity index is 444. The molecule has 21 heavy (non-hydrogen) atoms. The van der Waals surface area contributed by atoms with Crippen LogP contribution in [-0.4, -0.2) is 0 Å². The van der Waals surface area contributed by atoms with E-state index < -0.39 is 0 Å². The highest BCUT2D eigenvalue weighted by Gasteiger charge is 2.31. The summed E-state index contributed by atoms with van der Waals surface area (Å²) < 4.78 is 0. The average molecular weight is 307 g/mol. The molecule has 3 heteroatoms. The van der Waals surface area contributed by atoms with Crippen molar-refractivity contribution in [3.63, 3.8) is 0 Å². The lowest BCUT2D eigenvalue weighted by atomic mass is 9.73. The van der Waals surface area contributed by atoms with Gasteiger partial charge in [-0.15, -0.1) is 11.3 Å². The van der Waals surface area contributed by atoms with E-state index in [-0.39, 0.29) is 0 Å². The molecule has 0 bridgehead atoms. The van der Waals surface area contributed by atoms with Crippen LogP contribution in [0.3, 0.4) is 0 Å². The molecule has 1 fully saturated rings. The Balaban J connectivity index is 1.77. The summed E-state index contributed by atoms with van der Waals surface area (Å²) in [7, 11) is 0. The van der Waals surface area contributed by atoms with Crippen LogP contribution in [0.15, 0.2) is 6.07 Å². The number of nitrogens with two attached hydrogens (primary N) is 1. The van der Waals surface area contributed by atoms with Crippen molar-refractivity contribution < 1.29 is 0 Å². The molecule has 0 aromatic carbocycles. The van der Waals surface area contributed by atoms with Gasteiger partial charge in [-0.25, -0.2) is 0 Å². The summed E-state index contributed by atoms with van der Waals surface area (Å²) in [6.45, 7) is 4.81. The molecule has 1 heterocycles. The lowest BCUT2D eigenvalue weighted by Gasteiger charge is -2.36. The second kappa shape index (κ2) is 6.80. The van der Waals surface area contributed by atoms with E-state index in [1.807, 2.05) is 11.3 Å². The van der Waals surface area contributed by atoms with Crippen molar-refractivity contribution in [3.8, 4) is 0 Å². The number of hydrogen-bond donors (Lipinski definition) is 2. The summed E-state index contributed by atoms with van der Waals surface area (Å²) in [5, 5.41) is 0. The summed E-state index contributed by atoms with van der Waals surface area (Å²) in [4.78, 5) is 3.14. The molecule has 3 rings (SSSR count). The average Bonchev–Trinajstić information content (AvgIpc) is 2.74. The van der Waals surface area contributed by atoms with Gasteiger partial charge in [-0.2, -0.15) is 0 Å². The van der Waals surface area contributed by atoms with E-state index in [1.54, 1.807) is 10.4 Å². The molecule has 2 aliphatic carbocycles. The Morgan fingerprint density at radius 2 is 1.95 bits per heavy atom. The molecule has 1 aromatic rings. The van der Waals surface area contributed by atoms with E-state index in [2.05, 4.69) is 25.3 Å². The van der Waals surface area contributed by atoms with Crippen LogP contribution >= 0.6 is 11.3 Å². The van der Waals surface area contributed by atoms with Gasteiger partial charge in [-0.1, -0.05) is 26.7 Å². The highest BCUT2D eigenvalue weighted by atomic mass is 32.1. The van der Waals surface area contributed by atoms with Crippen LogP contribution in [0.5, 0.6) is 0 Å². The Morgan fingerprint density at radius 3 is 2.71 bits per heavy atom. The van der Waals surface area contributed by atoms with Gasteiger partial charge in [0.15, 0.2) is 0 Å². The standard InChI is InChI=1S/C18H30N2S/c1-12-8-9-15(10-13(12)2)18(20-19)17-11-14-6-4-3-5-7-16(14)21-17/h11-13,15,18,20H,3-10,19H2,1-2H3. The monoisotopic (exact) mass is 306 g/mol. The van der Waals surface area contributed by atoms with E-state index in [0.717, 1.165) is 11.8 Å². The van der Waals surface area contributed by atoms with Crippen molar-refractivity contribution in [1.82, 2.24) is 5.43 Å². The van der Waals surface area contributed by atoms with E-state index in [1.165, 1.54) is 56.2 Å². The van der Waals surface area contributed by atoms with E-state index in [0.29, 0.717) is 12.0 Å². The second-order valence-corrected chi connectivity index (χ2v) is 8.50. The maximum atomic E-state index is 5.96. The molecular formula is C18H30N2S. The van der Waals surface area contributed by atoms with E-state index >= 15 is 0 Å². The third-order valence-electron chi connectivity index (χ3n) is 5.86. The first-order valence-corrected chi connectivity index (χ1v) is 9.58. The molecule has 4 atom stereocenters. The van der Waals surface area contributed by atoms with E-state index in [9.17, 15) is 0 Å². The minimum absolute atomic E-state index is 0.372. The molecule has 1 saturated carbocycles. The van der Waals surface area contributed by atoms with Gasteiger partial charge in [-0.05, 0) is 67.9 Å². The van der Waals surface area contributed by atoms with Crippen molar-refractivity contribution in [2.24, 2.45) is 23.6 Å². The van der Waals surface area contributed by atoms with Crippen molar-refractivity contribution in [2.75, 3.05) is 0 Å². The highest BCUT2D eigenvalue weighted by molar-refractivity contribution is 7.12. The Kier molecular flexibility index (Phi) is 5.03. The minimum Gasteiger partial charge on any atom is -0.271 e. The first-order chi connectivity index (χ1) is 10.2. The molecule has 2 aliphatic rings. The van der Waals surface area contributed by atoms with Gasteiger partial charge in [0.2, 0.25) is 0 Å². The van der Waals surface area contributed by atoms with Gasteiger partial charge in [0.25, 0.3) is 0 Å². The number of thiophene rings is 1. The highest BCUT2D eigenvalue weighted by Crippen LogP contribution is 2.42. The smallest absolute Gasteiger partial charge is 0.0581 e. The number of fused-ring (bicyclic) bond motifs is 1. The van der Waals surface area contributed by atoms with Crippen molar-refractivity contribution in [2.45, 2.75) is 71.3 Å². The van der Waals surface area contributed by atoms with Crippen molar-refractivity contribution in [1.29, 1.82) is 0 Å². The van der Waals surface area contributed by atoms with Crippen LogP contribution in [0, 0.1) is 17.8 Å². The summed E-state index contributed by atoms with van der Waals surface area (Å²) in [6.07, 6.45) is 10.7. The second-order valence-electron chi connectivity index (χ2n) is 7.33. The SMILES string of the molecule is CC1CCC(C(NN)c2cc3c(s2)CCCCC3)CC1C. The van der Waals surface area contributed by atoms with Crippen molar-refractivity contribution >= 4 is 11.3 Å². The van der Waals surface area contributed by atoms with Crippen LogP contribution in [0.25, 0.3) is 0 Å². The van der Waals surface area contributed by atoms with Gasteiger partial charge >= 0.3 is 0 Å². The number of aryl methyl sites for hydroxylation is 2. The van der Waals surface area contributed by atoms with Gasteiger partial charge in [0.1, 0.15) is 0 Å². The molecular weight excluding hydrogens is 276 g/mol. The van der Waals surface area contributed by atoms with Crippen molar-refractivity contribution in [3.05, 3.63) is 21.4 Å². The molecule has 3 N–H and O–H groups in total. The molecule has 2 nitrogen and oxygen atoms in total. The number of hydrazine groups is 1. The topological polar surface area (TPSA) is 38.0 Å². The molecule has 0 amide bonds. The lowest BCUT2D eigenvalue weighted by molar-refractivity contribution is 0.172. The predicted octanol–water partition coefficient (Wildman–Crippen LogP) is 4.59. The largest absolute Gasteiger partial charge is 0.271 e. The normalized spacial score (nSPS) is 31.5. The molecule has 1 aromatic heterocycles. The predicted molar refractivity (Wildman–Crippen MR) is 91.3 cm³/mol. The Labute approximate surface area is 133 Å². The zero-order chi connectivity index (χ0) is 14.8. The van der Waals surface area contributed by atoms with Crippen LogP contribution in [-0.2, 0) is 12.8 Å². The van der Waals surface area contributed by atoms with Crippen LogP contribution in [0.1, 0.15) is 73.7 Å². The first kappa shape index (κ1) is 15.5. The maximum absolute atomic E-state index is 5.96. The van der Waals surface area contributed by atoms with Gasteiger partial charge in [0.05, 0.1) is 6.04 Å². The molecule has 0 radical (unpaired) electrons. The van der Waals surface area contributed by atoms with Crippen LogP contribution < -0.4 is 11.3 Å². The first-order valence-electron chi connectivity index (χ1n) is 8.76. The molecule has 0 spiro atoms. The van der Waals surface area contributed by atoms with Gasteiger partial charge < -0.3 is 0 Å². The fourth-order valence-electron chi connectivity index (χ4n) is 4.19. The summed E-state index contributed by atoms with van der Waals surface area (Å²) in [5.41, 5.74) is 4.77. The fraction of sp³-hybridized carbons (Fsp3) is 0.778. The van der Waals surface area contributed by atoms with Gasteiger partial charge in [0, 0.05) is 9.75 Å². The minimum atomic E-state index is 0.372. The molecule has 4 unspecified atom stereocenters. The quantitative estimate of drug-likeness (QED) is 0.487. The third kappa shape index (κ3) is 3.35. The van der Waals surface area contributed by atoms with Crippen LogP contribution in [0.4, 0.5) is 0 Å². The summed E-state index contributed by atoms with van der Waals surface area (Å²) >= 11 is 2.03. The summed E-state index contributed by atoms with van der Waals surface area (Å²) in [5.74, 6) is 8.38. The fourth-order valence-corrected chi connectivity index (χ4v) is 5.60. The molecule has 118 valence electrons. The Morgan fingerprint density at radius 1 is 1.14 bits per heavy atom. The molecule has 0 saturated heterocycles. The number of rotatable bonds is 3. The van der Waals surface area contributed by atoms with E-state index in [4.69, 9.17) is 5.84 Å². The zero-order valence-corrected chi connectivity index (χ0v) is 14.3. The number of nitrogens with one attached hydrogen (secondary N) is 1.